The van der Waals surface area contributed by atoms with Gasteiger partial charge in [0.1, 0.15) is 17.5 Å². The molecule has 0 bridgehead atoms. The lowest BCUT2D eigenvalue weighted by Crippen LogP contribution is -2.30. The van der Waals surface area contributed by atoms with Gasteiger partial charge in [0.05, 0.1) is 44.1 Å². The van der Waals surface area contributed by atoms with Gasteiger partial charge in [0.15, 0.2) is 57.7 Å². The highest BCUT2D eigenvalue weighted by Crippen LogP contribution is 2.29. The fourth-order valence-electron chi connectivity index (χ4n) is 13.5. The Morgan fingerprint density at radius 3 is 1.03 bits per heavy atom. The zero-order valence-electron chi connectivity index (χ0n) is 65.7. The Kier molecular flexibility index (Phi) is 24.9. The summed E-state index contributed by atoms with van der Waals surface area (Å²) in [5.41, 5.74) is 12.6. The maximum absolute atomic E-state index is 13.8. The number of fused-ring (bicyclic) bond motifs is 8. The van der Waals surface area contributed by atoms with Gasteiger partial charge in [-0.25, -0.2) is 61.1 Å². The van der Waals surface area contributed by atoms with Crippen LogP contribution in [0, 0.1) is 84.5 Å². The normalized spacial score (nSPS) is 11.7. The first kappa shape index (κ1) is 82.4. The Morgan fingerprint density at radius 1 is 0.331 bits per heavy atom. The minimum Gasteiger partial charge on any atom is -0.321 e. The number of aryl methyl sites for hydroxylation is 8. The molecule has 0 amide bonds. The Hall–Kier alpha value is -13.6. The van der Waals surface area contributed by atoms with Crippen molar-refractivity contribution >= 4 is 44.1 Å². The van der Waals surface area contributed by atoms with Crippen molar-refractivity contribution in [3.63, 3.8) is 0 Å². The summed E-state index contributed by atoms with van der Waals surface area (Å²) in [6.45, 7) is 22.8. The van der Waals surface area contributed by atoms with Gasteiger partial charge in [-0.15, -0.1) is 0 Å². The number of hydrogen-bond acceptors (Lipinski definition) is 20. The molecule has 0 aromatic heterocycles. The van der Waals surface area contributed by atoms with Gasteiger partial charge in [0.2, 0.25) is 0 Å². The van der Waals surface area contributed by atoms with Crippen LogP contribution >= 0.6 is 0 Å². The molecular formula is C85H81F5N20O8. The van der Waals surface area contributed by atoms with E-state index in [0.29, 0.717) is 98.9 Å². The number of halogens is 5. The van der Waals surface area contributed by atoms with Gasteiger partial charge in [-0.05, 0) is 215 Å². The number of rotatable bonds is 20. The molecule has 8 aliphatic rings. The summed E-state index contributed by atoms with van der Waals surface area (Å²) < 4.78 is 73.9. The summed E-state index contributed by atoms with van der Waals surface area (Å²) in [6.07, 6.45) is 0. The van der Waals surface area contributed by atoms with Crippen LogP contribution in [0.15, 0.2) is 178 Å². The van der Waals surface area contributed by atoms with E-state index in [1.807, 2.05) is 131 Å². The van der Waals surface area contributed by atoms with Crippen molar-refractivity contribution in [2.24, 2.45) is 0 Å². The number of nitrogens with zero attached hydrogens (tertiary/aromatic N) is 12. The second-order valence-corrected chi connectivity index (χ2v) is 28.7. The summed E-state index contributed by atoms with van der Waals surface area (Å²) in [4.78, 5) is 139. The predicted molar refractivity (Wildman–Crippen MR) is 439 cm³/mol. The van der Waals surface area contributed by atoms with Gasteiger partial charge >= 0.3 is 22.8 Å². The smallest absolute Gasteiger partial charge is 0.321 e. The molecule has 16 rings (SSSR count). The lowest BCUT2D eigenvalue weighted by Gasteiger charge is -2.19. The average molecular weight is 1610 g/mol. The molecule has 118 heavy (non-hydrogen) atoms. The molecule has 0 fully saturated rings. The van der Waals surface area contributed by atoms with Crippen molar-refractivity contribution < 1.29 is 22.0 Å². The van der Waals surface area contributed by atoms with E-state index < -0.39 is 68.3 Å². The Labute approximate surface area is 667 Å². The Bertz CT molecular complexity index is 6870. The van der Waals surface area contributed by atoms with Crippen LogP contribution in [0.1, 0.15) is 79.7 Å². The van der Waals surface area contributed by atoms with Crippen molar-refractivity contribution in [1.29, 1.82) is 0 Å². The van der Waals surface area contributed by atoms with Gasteiger partial charge in [-0.1, -0.05) is 48.5 Å². The average Bonchev–Trinajstić information content (AvgIpc) is 0.772. The van der Waals surface area contributed by atoms with E-state index in [4.69, 9.17) is 0 Å². The third-order valence-electron chi connectivity index (χ3n) is 20.4. The lowest BCUT2D eigenvalue weighted by atomic mass is 10.1. The zero-order chi connectivity index (χ0) is 83.9. The largest absolute Gasteiger partial charge is 0.349 e. The van der Waals surface area contributed by atoms with Crippen LogP contribution in [-0.4, -0.2) is 104 Å². The molecule has 8 aromatic carbocycles. The van der Waals surface area contributed by atoms with E-state index in [1.54, 1.807) is 21.3 Å². The van der Waals surface area contributed by atoms with Crippen LogP contribution < -0.4 is 66.3 Å². The van der Waals surface area contributed by atoms with Crippen LogP contribution in [-0.2, 0) is 45.8 Å². The molecule has 0 spiro atoms. The molecule has 1 unspecified atom stereocenters. The van der Waals surface area contributed by atoms with Crippen LogP contribution in [0.2, 0.25) is 0 Å². The third-order valence-corrected chi connectivity index (χ3v) is 20.4. The fraction of sp³-hybridized carbons (Fsp3) is 0.247. The molecule has 0 saturated heterocycles. The van der Waals surface area contributed by atoms with Crippen molar-refractivity contribution in [3.05, 3.63) is 319 Å². The highest BCUT2D eigenvalue weighted by atomic mass is 19.2. The van der Waals surface area contributed by atoms with Crippen LogP contribution in [0.25, 0.3) is 90.2 Å². The first-order valence-corrected chi connectivity index (χ1v) is 37.7. The van der Waals surface area contributed by atoms with E-state index in [9.17, 15) is 60.3 Å². The molecule has 28 nitrogen and oxygen atoms in total. The molecule has 8 aromatic rings. The summed E-state index contributed by atoms with van der Waals surface area (Å²) in [7, 11) is 0. The van der Waals surface area contributed by atoms with Crippen molar-refractivity contribution in [2.75, 3.05) is 26.2 Å². The maximum Gasteiger partial charge on any atom is 0.349 e. The minimum absolute atomic E-state index is 0.0709. The number of nitrogens with one attached hydrogen (secondary N) is 8. The SMILES string of the molecule is Cc1cc2nc3c(=O)[nH]c(=O)nc-3n(CCNC(C)c3ccccc3)c2cc1C.Cc1cc2nc3c(=O)[nH]c(=O)nc-3n(CCNCc3cc(F)ccc3F)c2cc1C.Cc1cc2nc3c(=O)[nH]c(=O)nc-3n(CCNCc3ccc(F)c(F)c3)c2cc1C.Cc1cc2nc3c(=O)[nH]c(=O)nc-3n(CCNCc3ccc(F)cc3)c2cc1C. The quantitative estimate of drug-likeness (QED) is 0.0200. The standard InChI is InChI=1S/C22H23N5O2.2C21H19F2N5O2.C21H20FN5O2/c1-13-11-17-18(12-14(13)2)27(20-19(24-17)21(28)26-22(29)25-20)10-9-23-15(3)16-7-5-4-6-8-16;1-11-7-16-17(8-12(11)2)28(19-18(25-16)20(29)27-21(30)26-19)6-5-24-10-13-9-14(22)3-4-15(13)23;1-11-7-16-17(8-12(11)2)28(19-18(25-16)20(29)27-21(30)26-19)6-5-24-10-13-3-4-14(22)15(23)9-13;1-12-9-16-17(10-13(12)2)27(19-18(24-16)20(28)26-21(29)25-19)8-7-23-11-14-3-5-15(22)6-4-14/h4-8,11-12,15,23H,9-10H2,1-3H3,(H,26,28,29);2*3-4,7-9,24H,5-6,10H2,1-2H3,(H,27,29,30);3-6,9-10,23H,7-8,11H2,1-2H3,(H,26,28,29). The summed E-state index contributed by atoms with van der Waals surface area (Å²) in [6, 6.07) is 39.2. The number of aromatic amines is 4. The second kappa shape index (κ2) is 35.6. The molecular weight excluding hydrogens is 1520 g/mol. The molecule has 8 N–H and O–H groups in total. The number of hydrogen-bond donors (Lipinski definition) is 8. The molecule has 0 aliphatic carbocycles. The van der Waals surface area contributed by atoms with E-state index in [0.717, 1.165) is 102 Å². The van der Waals surface area contributed by atoms with Crippen molar-refractivity contribution in [2.45, 2.75) is 114 Å². The fourth-order valence-corrected chi connectivity index (χ4v) is 13.5. The van der Waals surface area contributed by atoms with Gasteiger partial charge in [-0.2, -0.15) is 19.9 Å². The molecule has 33 heteroatoms. The van der Waals surface area contributed by atoms with Gasteiger partial charge < -0.3 is 39.5 Å². The number of H-pyrrole nitrogens is 4. The van der Waals surface area contributed by atoms with Gasteiger partial charge in [-0.3, -0.25) is 39.1 Å². The van der Waals surface area contributed by atoms with Crippen LogP contribution in [0.5, 0.6) is 0 Å². The topological polar surface area (TPSA) is 371 Å². The number of aromatic nitrogens is 16. The van der Waals surface area contributed by atoms with E-state index in [2.05, 4.69) is 100 Å². The van der Waals surface area contributed by atoms with Crippen molar-refractivity contribution in [3.8, 4) is 46.1 Å². The highest BCUT2D eigenvalue weighted by molar-refractivity contribution is 5.84. The molecule has 604 valence electrons. The van der Waals surface area contributed by atoms with E-state index in [-0.39, 0.29) is 64.2 Å². The predicted octanol–water partition coefficient (Wildman–Crippen LogP) is 9.22. The van der Waals surface area contributed by atoms with Crippen LogP contribution in [0.4, 0.5) is 22.0 Å². The Balaban J connectivity index is 0.000000136. The third kappa shape index (κ3) is 18.7. The molecule has 0 saturated carbocycles. The molecule has 0 radical (unpaired) electrons. The van der Waals surface area contributed by atoms with Gasteiger partial charge in [0, 0.05) is 83.6 Å². The van der Waals surface area contributed by atoms with E-state index >= 15 is 0 Å². The number of benzene rings is 8. The highest BCUT2D eigenvalue weighted by Gasteiger charge is 2.25. The lowest BCUT2D eigenvalue weighted by molar-refractivity contribution is 0.505. The summed E-state index contributed by atoms with van der Waals surface area (Å²) in [5.74, 6) is -2.10. The zero-order valence-corrected chi connectivity index (χ0v) is 65.7. The van der Waals surface area contributed by atoms with Crippen molar-refractivity contribution in [1.82, 2.24) is 99.3 Å². The summed E-state index contributed by atoms with van der Waals surface area (Å²) in [5, 5.41) is 13.0. The summed E-state index contributed by atoms with van der Waals surface area (Å²) >= 11 is 0. The molecule has 8 aliphatic heterocycles. The first-order chi connectivity index (χ1) is 56.5. The Morgan fingerprint density at radius 2 is 0.653 bits per heavy atom. The maximum atomic E-state index is 13.8. The second-order valence-electron chi connectivity index (χ2n) is 28.7. The molecule has 8 heterocycles. The minimum atomic E-state index is -0.896. The van der Waals surface area contributed by atoms with Crippen LogP contribution in [0.3, 0.4) is 0 Å². The van der Waals surface area contributed by atoms with E-state index in [1.165, 1.54) is 23.8 Å². The monoisotopic (exact) mass is 1600 g/mol. The van der Waals surface area contributed by atoms with Gasteiger partial charge in [0.25, 0.3) is 22.2 Å². The molecule has 1 atom stereocenters. The first-order valence-electron chi connectivity index (χ1n) is 37.7.